The van der Waals surface area contributed by atoms with Crippen molar-refractivity contribution in [3.63, 3.8) is 0 Å². The fourth-order valence-electron chi connectivity index (χ4n) is 4.26. The van der Waals surface area contributed by atoms with E-state index in [1.54, 1.807) is 30.9 Å². The van der Waals surface area contributed by atoms with Crippen LogP contribution in [0.1, 0.15) is 25.0 Å². The predicted molar refractivity (Wildman–Crippen MR) is 140 cm³/mol. The number of methoxy groups -OCH3 is 1. The molecule has 0 radical (unpaired) electrons. The summed E-state index contributed by atoms with van der Waals surface area (Å²) in [6.07, 6.45) is -12.8. The van der Waals surface area contributed by atoms with Gasteiger partial charge in [0.15, 0.2) is 0 Å². The number of thiol groups is 1. The van der Waals surface area contributed by atoms with Gasteiger partial charge in [-0.2, -0.15) is 30.6 Å². The highest BCUT2D eigenvalue weighted by atomic mass is 32.2. The van der Waals surface area contributed by atoms with E-state index < -0.39 is 39.6 Å². The second-order valence-corrected chi connectivity index (χ2v) is 11.9. The van der Waals surface area contributed by atoms with E-state index in [0.717, 1.165) is 6.07 Å². The number of alkyl halides is 6. The van der Waals surface area contributed by atoms with Crippen LogP contribution >= 0.6 is 12.6 Å². The van der Waals surface area contributed by atoms with Crippen LogP contribution in [0.3, 0.4) is 0 Å². The first kappa shape index (κ1) is 32.1. The van der Waals surface area contributed by atoms with Gasteiger partial charge in [-0.3, -0.25) is 0 Å². The van der Waals surface area contributed by atoms with E-state index in [0.29, 0.717) is 12.1 Å². The minimum absolute atomic E-state index is 0.0131. The van der Waals surface area contributed by atoms with Gasteiger partial charge in [0, 0.05) is 49.3 Å². The zero-order chi connectivity index (χ0) is 30.1. The summed E-state index contributed by atoms with van der Waals surface area (Å²) in [5.41, 5.74) is -6.58. The van der Waals surface area contributed by atoms with Gasteiger partial charge < -0.3 is 14.7 Å². The molecule has 14 heteroatoms. The molecule has 1 N–H and O–H groups in total. The number of benzene rings is 2. The smallest absolute Gasteiger partial charge is 0.369 e. The number of piperazine rings is 1. The van der Waals surface area contributed by atoms with Crippen LogP contribution in [0, 0.1) is 17.8 Å². The largest absolute Gasteiger partial charge is 0.430 e. The molecule has 0 aromatic heterocycles. The molecule has 0 saturated carbocycles. The minimum Gasteiger partial charge on any atom is -0.369 e. The molecule has 0 aliphatic carbocycles. The maximum Gasteiger partial charge on any atom is 0.430 e. The summed E-state index contributed by atoms with van der Waals surface area (Å²) in [7, 11) is -2.53. The summed E-state index contributed by atoms with van der Waals surface area (Å²) < 4.78 is 114. The lowest BCUT2D eigenvalue weighted by molar-refractivity contribution is -0.376. The van der Waals surface area contributed by atoms with E-state index in [-0.39, 0.29) is 53.1 Å². The van der Waals surface area contributed by atoms with E-state index in [9.17, 15) is 39.9 Å². The predicted octanol–water partition coefficient (Wildman–Crippen LogP) is 4.82. The molecule has 1 fully saturated rings. The molecule has 220 valence electrons. The summed E-state index contributed by atoms with van der Waals surface area (Å²) in [6.45, 7) is 3.66. The highest BCUT2D eigenvalue weighted by Crippen LogP contribution is 2.50. The van der Waals surface area contributed by atoms with Crippen molar-refractivity contribution in [1.29, 1.82) is 0 Å². The molecule has 2 aromatic carbocycles. The van der Waals surface area contributed by atoms with Crippen molar-refractivity contribution in [3.8, 4) is 11.8 Å². The number of halogens is 6. The molecule has 1 saturated heterocycles. The summed E-state index contributed by atoms with van der Waals surface area (Å²) in [5, 5.41) is 9.93. The van der Waals surface area contributed by atoms with Gasteiger partial charge in [-0.1, -0.05) is 43.9 Å². The number of hydrogen-bond acceptors (Lipinski definition) is 6. The van der Waals surface area contributed by atoms with Crippen LogP contribution < -0.4 is 4.90 Å². The van der Waals surface area contributed by atoms with Crippen molar-refractivity contribution in [2.45, 2.75) is 47.7 Å². The molecular formula is C26H28F6N2O4S2. The average molecular weight is 611 g/mol. The van der Waals surface area contributed by atoms with E-state index >= 15 is 0 Å². The second kappa shape index (κ2) is 11.8. The van der Waals surface area contributed by atoms with Gasteiger partial charge in [0.05, 0.1) is 10.6 Å². The molecule has 2 aromatic rings. The number of aliphatic hydroxyl groups is 1. The molecule has 0 unspecified atom stereocenters. The first-order chi connectivity index (χ1) is 18.4. The molecule has 1 atom stereocenters. The van der Waals surface area contributed by atoms with E-state index in [1.807, 2.05) is 0 Å². The number of anilines is 1. The highest BCUT2D eigenvalue weighted by molar-refractivity contribution is 7.90. The molecule has 3 rings (SSSR count). The third kappa shape index (κ3) is 6.23. The number of nitrogens with zero attached hydrogens (tertiary/aromatic N) is 2. The van der Waals surface area contributed by atoms with Gasteiger partial charge >= 0.3 is 12.4 Å². The normalized spacial score (nSPS) is 16.6. The van der Waals surface area contributed by atoms with Crippen molar-refractivity contribution in [2.75, 3.05) is 38.2 Å². The Hall–Kier alpha value is -2.44. The zero-order valence-corrected chi connectivity index (χ0v) is 23.4. The van der Waals surface area contributed by atoms with Gasteiger partial charge in [-0.05, 0) is 30.2 Å². The lowest BCUT2D eigenvalue weighted by atomic mass is 9.90. The second-order valence-electron chi connectivity index (χ2n) is 9.47. The molecule has 1 aliphatic rings. The molecular weight excluding hydrogens is 582 g/mol. The Kier molecular flexibility index (Phi) is 9.47. The van der Waals surface area contributed by atoms with E-state index in [1.165, 1.54) is 23.5 Å². The van der Waals surface area contributed by atoms with Crippen LogP contribution in [0.5, 0.6) is 0 Å². The number of hydrogen-bond donors (Lipinski definition) is 2. The average Bonchev–Trinajstić information content (AvgIpc) is 2.87. The van der Waals surface area contributed by atoms with Crippen LogP contribution in [0.2, 0.25) is 0 Å². The maximum absolute atomic E-state index is 13.6. The van der Waals surface area contributed by atoms with Gasteiger partial charge in [0.25, 0.3) is 5.60 Å². The van der Waals surface area contributed by atoms with Crippen LogP contribution in [0.25, 0.3) is 0 Å². The Morgan fingerprint density at radius 1 is 0.975 bits per heavy atom. The lowest BCUT2D eigenvalue weighted by Gasteiger charge is -2.37. The summed E-state index contributed by atoms with van der Waals surface area (Å²) in [4.78, 5) is 1.89. The molecule has 1 heterocycles. The summed E-state index contributed by atoms with van der Waals surface area (Å²) in [6, 6.07) is 8.29. The monoisotopic (exact) mass is 610 g/mol. The Labute approximate surface area is 234 Å². The highest BCUT2D eigenvalue weighted by Gasteiger charge is 2.71. The fourth-order valence-corrected chi connectivity index (χ4v) is 6.27. The number of ether oxygens (including phenoxy) is 1. The van der Waals surface area contributed by atoms with Gasteiger partial charge in [-0.25, -0.2) is 8.42 Å². The molecule has 6 nitrogen and oxygen atoms in total. The van der Waals surface area contributed by atoms with Crippen molar-refractivity contribution in [3.05, 3.63) is 53.6 Å². The molecule has 0 amide bonds. The molecule has 0 spiro atoms. The third-order valence-corrected chi connectivity index (χ3v) is 9.00. The van der Waals surface area contributed by atoms with Gasteiger partial charge in [-0.15, -0.1) is 12.6 Å². The quantitative estimate of drug-likeness (QED) is 0.279. The third-order valence-electron chi connectivity index (χ3n) is 6.51. The standard InChI is InChI=1S/C26H28F6N2O4S2/c1-17(2)21(38-3)11-8-18-16-19(24(35,25(27,28)29)26(30,31)32)9-10-20(18)33-12-14-34(15-13-33)40(36,37)23-7-5-4-6-22(23)39/h4-7,9-10,16-17,21,35,39H,12-15H2,1-3H3/t21-/m1/s1. The van der Waals surface area contributed by atoms with Crippen LogP contribution in [-0.2, 0) is 20.4 Å². The topological polar surface area (TPSA) is 70.1 Å². The molecule has 0 bridgehead atoms. The van der Waals surface area contributed by atoms with Crippen molar-refractivity contribution < 1.29 is 44.6 Å². The summed E-state index contributed by atoms with van der Waals surface area (Å²) in [5.74, 6) is 5.21. The van der Waals surface area contributed by atoms with E-state index in [4.69, 9.17) is 4.74 Å². The Morgan fingerprint density at radius 3 is 2.05 bits per heavy atom. The fraction of sp³-hybridized carbons (Fsp3) is 0.462. The molecule has 40 heavy (non-hydrogen) atoms. The maximum atomic E-state index is 13.6. The zero-order valence-electron chi connectivity index (χ0n) is 21.7. The first-order valence-corrected chi connectivity index (χ1v) is 13.9. The van der Waals surface area contributed by atoms with Gasteiger partial charge in [0.2, 0.25) is 10.0 Å². The number of sulfonamides is 1. The Morgan fingerprint density at radius 2 is 1.55 bits per heavy atom. The Bertz CT molecular complexity index is 1360. The van der Waals surface area contributed by atoms with Gasteiger partial charge in [0.1, 0.15) is 6.10 Å². The first-order valence-electron chi connectivity index (χ1n) is 12.0. The van der Waals surface area contributed by atoms with Crippen LogP contribution in [-0.4, -0.2) is 69.6 Å². The van der Waals surface area contributed by atoms with E-state index in [2.05, 4.69) is 24.5 Å². The van der Waals surface area contributed by atoms with Crippen molar-refractivity contribution in [2.24, 2.45) is 5.92 Å². The Balaban J connectivity index is 2.02. The van der Waals surface area contributed by atoms with Crippen LogP contribution in [0.4, 0.5) is 32.0 Å². The SMILES string of the molecule is CO[C@H](C#Cc1cc(C(O)(C(F)(F)F)C(F)(F)F)ccc1N1CCN(S(=O)(=O)c2ccccc2S)CC1)C(C)C. The lowest BCUT2D eigenvalue weighted by Crippen LogP contribution is -2.54. The van der Waals surface area contributed by atoms with Crippen molar-refractivity contribution >= 4 is 28.3 Å². The van der Waals surface area contributed by atoms with Crippen LogP contribution in [0.15, 0.2) is 52.3 Å². The minimum atomic E-state index is -6.06. The number of rotatable bonds is 6. The molecule has 1 aliphatic heterocycles. The summed E-state index contributed by atoms with van der Waals surface area (Å²) >= 11 is 4.21. The van der Waals surface area contributed by atoms with Crippen molar-refractivity contribution in [1.82, 2.24) is 4.31 Å².